The molecule has 4 saturated heterocycles. The molecule has 8 rings (SSSR count). The van der Waals surface area contributed by atoms with Crippen LogP contribution in [0.15, 0.2) is 72.8 Å². The molecule has 1 atom stereocenters. The Morgan fingerprint density at radius 3 is 1.52 bits per heavy atom. The second-order valence-corrected chi connectivity index (χ2v) is 21.5. The molecule has 0 aromatic heterocycles. The van der Waals surface area contributed by atoms with Gasteiger partial charge in [-0.05, 0) is 98.8 Å². The summed E-state index contributed by atoms with van der Waals surface area (Å²) < 4.78 is 52.1. The molecule has 0 spiro atoms. The van der Waals surface area contributed by atoms with E-state index in [0.29, 0.717) is 97.3 Å². The molecule has 4 heterocycles. The molecular formula is C46H67N7O7S2. The number of anilines is 2. The molecule has 62 heavy (non-hydrogen) atoms. The molecule has 5 fully saturated rings. The van der Waals surface area contributed by atoms with Crippen molar-refractivity contribution < 1.29 is 31.7 Å². The summed E-state index contributed by atoms with van der Waals surface area (Å²) in [5, 5.41) is 0. The monoisotopic (exact) mass is 893 g/mol. The number of piperazine rings is 2. The van der Waals surface area contributed by atoms with Crippen LogP contribution in [0.5, 0.6) is 5.75 Å². The highest BCUT2D eigenvalue weighted by molar-refractivity contribution is 8.00. The summed E-state index contributed by atoms with van der Waals surface area (Å²) in [7, 11) is -5.02. The first kappa shape index (κ1) is 47.3. The molecule has 14 nitrogen and oxygen atoms in total. The number of piperidine rings is 1. The first-order valence-electron chi connectivity index (χ1n) is 22.0. The minimum Gasteiger partial charge on any atom is -0.497 e. The lowest BCUT2D eigenvalue weighted by Crippen LogP contribution is -2.63. The first-order valence-corrected chi connectivity index (χ1v) is 25.2. The zero-order chi connectivity index (χ0) is 44.7. The maximum Gasteiger partial charge on any atom is 0.240 e. The van der Waals surface area contributed by atoms with E-state index in [1.807, 2.05) is 42.4 Å². The predicted molar refractivity (Wildman–Crippen MR) is 250 cm³/mol. The fourth-order valence-corrected chi connectivity index (χ4v) is 13.5. The van der Waals surface area contributed by atoms with Gasteiger partial charge in [0, 0.05) is 106 Å². The van der Waals surface area contributed by atoms with Gasteiger partial charge in [0.2, 0.25) is 21.8 Å². The van der Waals surface area contributed by atoms with Crippen LogP contribution in [0, 0.1) is 6.92 Å². The number of nitrogens with two attached hydrogens (primary N) is 2. The maximum absolute atomic E-state index is 13.8. The highest BCUT2D eigenvalue weighted by Crippen LogP contribution is 2.38. The van der Waals surface area contributed by atoms with Crippen LogP contribution in [0.3, 0.4) is 0 Å². The minimum atomic E-state index is -3.81. The van der Waals surface area contributed by atoms with E-state index in [0.717, 1.165) is 30.2 Å². The number of carbonyl (C=O) groups excluding carboxylic acids is 2. The van der Waals surface area contributed by atoms with Gasteiger partial charge in [-0.2, -0.15) is 4.31 Å². The highest BCUT2D eigenvalue weighted by atomic mass is 32.2. The number of aryl methyl sites for hydroxylation is 1. The highest BCUT2D eigenvalue weighted by Gasteiger charge is 2.55. The molecule has 0 radical (unpaired) electrons. The van der Waals surface area contributed by atoms with E-state index in [4.69, 9.17) is 20.9 Å². The number of benzene rings is 3. The lowest BCUT2D eigenvalue weighted by molar-refractivity contribution is -0.123. The van der Waals surface area contributed by atoms with Crippen LogP contribution >= 0.6 is 0 Å². The molecule has 4 aliphatic heterocycles. The van der Waals surface area contributed by atoms with E-state index in [2.05, 4.69) is 76.0 Å². The molecule has 2 amide bonds. The van der Waals surface area contributed by atoms with Crippen molar-refractivity contribution in [3.8, 4) is 16.9 Å². The van der Waals surface area contributed by atoms with Gasteiger partial charge in [-0.3, -0.25) is 13.8 Å². The van der Waals surface area contributed by atoms with Gasteiger partial charge in [0.05, 0.1) is 7.11 Å². The number of sulfonamides is 1. The average molecular weight is 894 g/mol. The molecule has 0 bridgehead atoms. The number of amides is 2. The van der Waals surface area contributed by atoms with Crippen molar-refractivity contribution in [1.82, 2.24) is 13.5 Å². The van der Waals surface area contributed by atoms with E-state index >= 15 is 0 Å². The van der Waals surface area contributed by atoms with Crippen molar-refractivity contribution >= 4 is 48.8 Å². The quantitative estimate of drug-likeness (QED) is 0.267. The van der Waals surface area contributed by atoms with E-state index in [1.54, 1.807) is 7.11 Å². The smallest absolute Gasteiger partial charge is 0.240 e. The summed E-state index contributed by atoms with van der Waals surface area (Å²) in [6.07, 6.45) is 3.66. The standard InChI is InChI=1S/C24H31N3O3S.C20H30N4O4S.C2H6/c1-19-3-5-20(6-4-19)21-7-9-22(10-8-21)26-13-15-27(16-14-26)31(2,29)24(23(25)28)11-17-30-18-12-24;1-28-18-6-4-17(5-7-18)23-12-14-24(15-13-23)29(26,27)20(19(21)25)8-10-22(11-9-20)16-2-3-16;1-2/h3-10H,2,11-18H2,1H3,(H2,25,28);4-7,16H,2-3,8-15H2,1H3,(H2,21,25);1-2H3. The third kappa shape index (κ3) is 9.80. The number of nitrogens with zero attached hydrogens (tertiary/aromatic N) is 5. The van der Waals surface area contributed by atoms with Gasteiger partial charge in [0.15, 0.2) is 4.75 Å². The zero-order valence-corrected chi connectivity index (χ0v) is 38.6. The van der Waals surface area contributed by atoms with Gasteiger partial charge in [0.1, 0.15) is 10.5 Å². The maximum atomic E-state index is 13.8. The Bertz CT molecular complexity index is 2170. The van der Waals surface area contributed by atoms with Crippen LogP contribution in [0.2, 0.25) is 0 Å². The van der Waals surface area contributed by atoms with Crippen LogP contribution in [-0.2, 0) is 34.1 Å². The summed E-state index contributed by atoms with van der Waals surface area (Å²) in [6, 6.07) is 25.4. The summed E-state index contributed by atoms with van der Waals surface area (Å²) in [4.78, 5) is 31.4. The second-order valence-electron chi connectivity index (χ2n) is 16.7. The van der Waals surface area contributed by atoms with E-state index < -0.39 is 41.0 Å². The number of primary amides is 2. The number of hydrogen-bond donors (Lipinski definition) is 2. The van der Waals surface area contributed by atoms with Gasteiger partial charge >= 0.3 is 0 Å². The minimum absolute atomic E-state index is 0.292. The van der Waals surface area contributed by atoms with Crippen LogP contribution in [0.4, 0.5) is 11.4 Å². The van der Waals surface area contributed by atoms with Crippen LogP contribution in [0.1, 0.15) is 57.9 Å². The van der Waals surface area contributed by atoms with Crippen molar-refractivity contribution in [1.29, 1.82) is 0 Å². The first-order chi connectivity index (χ1) is 29.7. The molecule has 1 unspecified atom stereocenters. The molecule has 3 aromatic rings. The third-order valence-electron chi connectivity index (χ3n) is 13.3. The topological polar surface area (TPSA) is 172 Å². The second kappa shape index (κ2) is 20.1. The van der Waals surface area contributed by atoms with Gasteiger partial charge in [0.25, 0.3) is 0 Å². The molecule has 16 heteroatoms. The summed E-state index contributed by atoms with van der Waals surface area (Å²) in [5.41, 5.74) is 17.2. The Morgan fingerprint density at radius 2 is 1.08 bits per heavy atom. The van der Waals surface area contributed by atoms with Gasteiger partial charge in [-0.1, -0.05) is 55.8 Å². The SMILES string of the molecule is C=S(=O)(N1CCN(c2ccc(-c3ccc(C)cc3)cc2)CC1)C1(C(N)=O)CCOCC1.CC.COc1ccc(N2CCN(S(=O)(=O)C3(C(N)=O)CCN(C4CC4)CC3)CC2)cc1. The Balaban J connectivity index is 0.000000199. The van der Waals surface area contributed by atoms with Crippen molar-refractivity contribution in [2.24, 2.45) is 11.5 Å². The molecule has 340 valence electrons. The van der Waals surface area contributed by atoms with Gasteiger partial charge in [-0.25, -0.2) is 12.7 Å². The number of hydrogen-bond acceptors (Lipinski definition) is 10. The zero-order valence-electron chi connectivity index (χ0n) is 37.0. The summed E-state index contributed by atoms with van der Waals surface area (Å²) in [6.45, 7) is 12.6. The lowest BCUT2D eigenvalue weighted by Gasteiger charge is -2.45. The third-order valence-corrected chi connectivity index (χ3v) is 18.9. The van der Waals surface area contributed by atoms with Crippen molar-refractivity contribution in [2.45, 2.75) is 74.8 Å². The Labute approximate surface area is 369 Å². The Morgan fingerprint density at radius 1 is 0.645 bits per heavy atom. The Hall–Kier alpha value is -4.19. The molecule has 1 aliphatic carbocycles. The fraction of sp³-hybridized carbons (Fsp3) is 0.543. The number of carbonyl (C=O) groups is 2. The van der Waals surface area contributed by atoms with E-state index in [9.17, 15) is 22.2 Å². The molecule has 4 N–H and O–H groups in total. The van der Waals surface area contributed by atoms with Crippen LogP contribution < -0.4 is 26.0 Å². The largest absolute Gasteiger partial charge is 0.497 e. The molecular weight excluding hydrogens is 827 g/mol. The van der Waals surface area contributed by atoms with Crippen molar-refractivity contribution in [3.05, 3.63) is 78.4 Å². The Kier molecular flexibility index (Phi) is 15.3. The van der Waals surface area contributed by atoms with E-state index in [1.165, 1.54) is 33.8 Å². The van der Waals surface area contributed by atoms with Gasteiger partial charge in [-0.15, -0.1) is 0 Å². The summed E-state index contributed by atoms with van der Waals surface area (Å²) in [5.74, 6) is 3.60. The van der Waals surface area contributed by atoms with Crippen LogP contribution in [-0.4, -0.2) is 145 Å². The fourth-order valence-electron chi connectivity index (χ4n) is 9.07. The number of methoxy groups -OCH3 is 1. The van der Waals surface area contributed by atoms with Gasteiger partial charge < -0.3 is 35.6 Å². The van der Waals surface area contributed by atoms with Crippen molar-refractivity contribution in [2.75, 3.05) is 95.6 Å². The van der Waals surface area contributed by atoms with E-state index in [-0.39, 0.29) is 0 Å². The number of ether oxygens (including phenoxy) is 2. The normalized spacial score (nSPS) is 21.9. The lowest BCUT2D eigenvalue weighted by atomic mass is 9.95. The molecule has 1 saturated carbocycles. The summed E-state index contributed by atoms with van der Waals surface area (Å²) >= 11 is 0. The van der Waals surface area contributed by atoms with Crippen molar-refractivity contribution in [3.63, 3.8) is 0 Å². The predicted octanol–water partition coefficient (Wildman–Crippen LogP) is 4.11. The molecule has 5 aliphatic rings. The van der Waals surface area contributed by atoms with Crippen LogP contribution in [0.25, 0.3) is 11.1 Å². The molecule has 3 aromatic carbocycles. The average Bonchev–Trinajstić information content (AvgIpc) is 4.17. The number of rotatable bonds is 11. The number of likely N-dealkylation sites (tertiary alicyclic amines) is 1.